The highest BCUT2D eigenvalue weighted by Gasteiger charge is 2.26. The molecule has 5 nitrogen and oxygen atoms in total. The van der Waals surface area contributed by atoms with Crippen molar-refractivity contribution in [2.45, 2.75) is 12.8 Å². The Bertz CT molecular complexity index is 1110. The molecule has 0 bridgehead atoms. The molecular formula is C19H15N3O2S. The van der Waals surface area contributed by atoms with Gasteiger partial charge in [0.2, 0.25) is 11.0 Å². The Morgan fingerprint density at radius 1 is 1.16 bits per heavy atom. The number of rotatable bonds is 2. The summed E-state index contributed by atoms with van der Waals surface area (Å²) in [5, 5.41) is 16.1. The molecule has 1 aliphatic rings. The van der Waals surface area contributed by atoms with Gasteiger partial charge in [-0.15, -0.1) is 0 Å². The number of nitrogens with zero attached hydrogens (tertiary/aromatic N) is 3. The molecule has 4 aromatic rings. The zero-order chi connectivity index (χ0) is 17.0. The highest BCUT2D eigenvalue weighted by atomic mass is 32.1. The zero-order valence-electron chi connectivity index (χ0n) is 13.6. The predicted octanol–water partition coefficient (Wildman–Crippen LogP) is 3.96. The van der Waals surface area contributed by atoms with Crippen LogP contribution in [0, 0.1) is 0 Å². The van der Waals surface area contributed by atoms with Gasteiger partial charge in [-0.2, -0.15) is 9.78 Å². The van der Waals surface area contributed by atoms with Gasteiger partial charge in [0.1, 0.15) is 5.75 Å². The first kappa shape index (κ1) is 14.5. The van der Waals surface area contributed by atoms with Crippen LogP contribution in [0.4, 0.5) is 0 Å². The molecule has 0 atom stereocenters. The number of thiazole rings is 1. The number of fused-ring (bicyclic) bond motifs is 4. The Morgan fingerprint density at radius 3 is 2.92 bits per heavy atom. The van der Waals surface area contributed by atoms with Crippen LogP contribution in [0.1, 0.15) is 11.3 Å². The summed E-state index contributed by atoms with van der Waals surface area (Å²) in [5.41, 5.74) is 4.94. The van der Waals surface area contributed by atoms with Crippen molar-refractivity contribution in [1.82, 2.24) is 14.8 Å². The maximum absolute atomic E-state index is 10.8. The first-order valence-electron chi connectivity index (χ1n) is 8.08. The van der Waals surface area contributed by atoms with Gasteiger partial charge in [0.25, 0.3) is 0 Å². The molecule has 25 heavy (non-hydrogen) atoms. The fourth-order valence-corrected chi connectivity index (χ4v) is 4.33. The van der Waals surface area contributed by atoms with Gasteiger partial charge in [-0.3, -0.25) is 0 Å². The quantitative estimate of drug-likeness (QED) is 0.595. The largest absolute Gasteiger partial charge is 0.497 e. The number of methoxy groups -OCH3 is 1. The molecule has 0 fully saturated rings. The molecule has 6 heteroatoms. The number of aryl methyl sites for hydroxylation is 2. The number of aromatic nitrogens is 3. The van der Waals surface area contributed by atoms with Crippen LogP contribution in [0.5, 0.6) is 11.6 Å². The van der Waals surface area contributed by atoms with Gasteiger partial charge < -0.3 is 9.84 Å². The maximum Gasteiger partial charge on any atom is 0.224 e. The standard InChI is InChI=1S/C19H15N3O2S/c1-24-12-7-9-14-16(10-12)25-19(20-14)22-18(23)17-13-5-3-2-4-11(13)6-8-15(17)21-22/h2-5,7,9-10,23H,6,8H2,1H3. The average Bonchev–Trinajstić information content (AvgIpc) is 3.22. The van der Waals surface area contributed by atoms with E-state index in [0.29, 0.717) is 5.13 Å². The summed E-state index contributed by atoms with van der Waals surface area (Å²) in [5.74, 6) is 0.953. The van der Waals surface area contributed by atoms with Gasteiger partial charge in [-0.25, -0.2) is 4.98 Å². The molecule has 2 aromatic heterocycles. The summed E-state index contributed by atoms with van der Waals surface area (Å²) < 4.78 is 7.84. The molecule has 0 unspecified atom stereocenters. The minimum atomic E-state index is 0.160. The molecule has 0 aliphatic heterocycles. The normalized spacial score (nSPS) is 12.8. The second kappa shape index (κ2) is 5.32. The minimum Gasteiger partial charge on any atom is -0.497 e. The van der Waals surface area contributed by atoms with Crippen molar-refractivity contribution in [3.8, 4) is 27.9 Å². The van der Waals surface area contributed by atoms with Gasteiger partial charge >= 0.3 is 0 Å². The van der Waals surface area contributed by atoms with Gasteiger partial charge in [-0.05, 0) is 42.2 Å². The van der Waals surface area contributed by atoms with Gasteiger partial charge in [-0.1, -0.05) is 35.6 Å². The number of hydrogen-bond acceptors (Lipinski definition) is 5. The monoisotopic (exact) mass is 349 g/mol. The molecule has 0 saturated heterocycles. The molecule has 2 aromatic carbocycles. The summed E-state index contributed by atoms with van der Waals surface area (Å²) in [6.45, 7) is 0. The van der Waals surface area contributed by atoms with E-state index in [4.69, 9.17) is 4.74 Å². The van der Waals surface area contributed by atoms with E-state index < -0.39 is 0 Å². The van der Waals surface area contributed by atoms with E-state index in [1.54, 1.807) is 11.8 Å². The van der Waals surface area contributed by atoms with Crippen LogP contribution >= 0.6 is 11.3 Å². The second-order valence-corrected chi connectivity index (χ2v) is 7.05. The molecule has 0 amide bonds. The topological polar surface area (TPSA) is 60.2 Å². The van der Waals surface area contributed by atoms with Crippen LogP contribution in [0.2, 0.25) is 0 Å². The first-order valence-corrected chi connectivity index (χ1v) is 8.90. The van der Waals surface area contributed by atoms with E-state index >= 15 is 0 Å². The highest BCUT2D eigenvalue weighted by Crippen LogP contribution is 2.41. The van der Waals surface area contributed by atoms with Gasteiger partial charge in [0.05, 0.1) is 28.6 Å². The molecule has 0 radical (unpaired) electrons. The molecule has 2 heterocycles. The maximum atomic E-state index is 10.8. The summed E-state index contributed by atoms with van der Waals surface area (Å²) in [6, 6.07) is 13.9. The number of hydrogen-bond donors (Lipinski definition) is 1. The first-order chi connectivity index (χ1) is 12.2. The molecule has 1 N–H and O–H groups in total. The summed E-state index contributed by atoms with van der Waals surface area (Å²) >= 11 is 1.49. The van der Waals surface area contributed by atoms with Crippen LogP contribution in [-0.2, 0) is 12.8 Å². The molecule has 0 saturated carbocycles. The minimum absolute atomic E-state index is 0.160. The van der Waals surface area contributed by atoms with Crippen molar-refractivity contribution < 1.29 is 9.84 Å². The number of benzene rings is 2. The third kappa shape index (κ3) is 2.14. The highest BCUT2D eigenvalue weighted by molar-refractivity contribution is 7.20. The Kier molecular flexibility index (Phi) is 3.08. The molecule has 5 rings (SSSR count). The molecule has 0 spiro atoms. The van der Waals surface area contributed by atoms with E-state index in [0.717, 1.165) is 45.6 Å². The number of aromatic hydroxyl groups is 1. The van der Waals surface area contributed by atoms with E-state index in [-0.39, 0.29) is 5.88 Å². The fraction of sp³-hybridized carbons (Fsp3) is 0.158. The number of ether oxygens (including phenoxy) is 1. The van der Waals surface area contributed by atoms with E-state index in [1.807, 2.05) is 36.4 Å². The van der Waals surface area contributed by atoms with Crippen molar-refractivity contribution in [1.29, 1.82) is 0 Å². The van der Waals surface area contributed by atoms with Crippen molar-refractivity contribution >= 4 is 21.6 Å². The van der Waals surface area contributed by atoms with Gasteiger partial charge in [0, 0.05) is 0 Å². The lowest BCUT2D eigenvalue weighted by atomic mass is 9.90. The van der Waals surface area contributed by atoms with Crippen molar-refractivity contribution in [2.75, 3.05) is 7.11 Å². The third-order valence-corrected chi connectivity index (χ3v) is 5.61. The second-order valence-electron chi connectivity index (χ2n) is 6.04. The third-order valence-electron chi connectivity index (χ3n) is 4.62. The lowest BCUT2D eigenvalue weighted by molar-refractivity contribution is 0.415. The van der Waals surface area contributed by atoms with Gasteiger partial charge in [0.15, 0.2) is 0 Å². The fourth-order valence-electron chi connectivity index (χ4n) is 3.38. The summed E-state index contributed by atoms with van der Waals surface area (Å²) in [6.07, 6.45) is 1.77. The van der Waals surface area contributed by atoms with Crippen molar-refractivity contribution in [3.63, 3.8) is 0 Å². The Labute approximate surface area is 148 Å². The van der Waals surface area contributed by atoms with Crippen LogP contribution in [-0.4, -0.2) is 27.0 Å². The van der Waals surface area contributed by atoms with Crippen molar-refractivity contribution in [2.24, 2.45) is 0 Å². The summed E-state index contributed by atoms with van der Waals surface area (Å²) in [4.78, 5) is 4.62. The Balaban J connectivity index is 1.68. The Morgan fingerprint density at radius 2 is 2.04 bits per heavy atom. The molecular weight excluding hydrogens is 334 g/mol. The smallest absolute Gasteiger partial charge is 0.224 e. The zero-order valence-corrected chi connectivity index (χ0v) is 14.4. The van der Waals surface area contributed by atoms with E-state index in [2.05, 4.69) is 16.1 Å². The SMILES string of the molecule is COc1ccc2nc(-n3nc4c(c3O)-c3ccccc3CC4)sc2c1. The predicted molar refractivity (Wildman–Crippen MR) is 97.8 cm³/mol. The van der Waals surface area contributed by atoms with Crippen LogP contribution < -0.4 is 4.74 Å². The van der Waals surface area contributed by atoms with Crippen molar-refractivity contribution in [3.05, 3.63) is 53.7 Å². The van der Waals surface area contributed by atoms with Crippen LogP contribution in [0.3, 0.4) is 0 Å². The lowest BCUT2D eigenvalue weighted by Gasteiger charge is -2.14. The van der Waals surface area contributed by atoms with E-state index in [1.165, 1.54) is 16.9 Å². The molecule has 124 valence electrons. The van der Waals surface area contributed by atoms with Crippen LogP contribution in [0.15, 0.2) is 42.5 Å². The van der Waals surface area contributed by atoms with E-state index in [9.17, 15) is 5.11 Å². The Hall–Kier alpha value is -2.86. The lowest BCUT2D eigenvalue weighted by Crippen LogP contribution is -2.02. The average molecular weight is 349 g/mol. The summed E-state index contributed by atoms with van der Waals surface area (Å²) in [7, 11) is 1.65. The molecule has 1 aliphatic carbocycles. The van der Waals surface area contributed by atoms with Crippen LogP contribution in [0.25, 0.3) is 26.5 Å².